The van der Waals surface area contributed by atoms with Crippen molar-refractivity contribution in [2.75, 3.05) is 26.8 Å². The van der Waals surface area contributed by atoms with E-state index in [9.17, 15) is 4.79 Å². The molecule has 5 heteroatoms. The molecule has 0 aliphatic carbocycles. The molecule has 1 aliphatic heterocycles. The van der Waals surface area contributed by atoms with E-state index in [0.717, 1.165) is 17.9 Å². The van der Waals surface area contributed by atoms with E-state index in [1.807, 2.05) is 24.3 Å². The van der Waals surface area contributed by atoms with Crippen molar-refractivity contribution in [1.29, 1.82) is 0 Å². The minimum absolute atomic E-state index is 0.0607. The van der Waals surface area contributed by atoms with Gasteiger partial charge >= 0.3 is 0 Å². The van der Waals surface area contributed by atoms with Gasteiger partial charge in [0, 0.05) is 18.6 Å². The molecular formula is C19H30N2O3. The van der Waals surface area contributed by atoms with E-state index in [1.165, 1.54) is 19.3 Å². The van der Waals surface area contributed by atoms with Gasteiger partial charge in [0.1, 0.15) is 12.4 Å². The number of piperidine rings is 1. The van der Waals surface area contributed by atoms with Crippen LogP contribution in [-0.2, 0) is 16.1 Å². The molecule has 1 aliphatic rings. The van der Waals surface area contributed by atoms with Crippen molar-refractivity contribution in [1.82, 2.24) is 10.2 Å². The fourth-order valence-corrected chi connectivity index (χ4v) is 3.23. The fourth-order valence-electron chi connectivity index (χ4n) is 3.23. The first-order valence-electron chi connectivity index (χ1n) is 8.83. The van der Waals surface area contributed by atoms with Crippen LogP contribution in [0, 0.1) is 0 Å². The first-order valence-corrected chi connectivity index (χ1v) is 8.83. The van der Waals surface area contributed by atoms with E-state index in [0.29, 0.717) is 25.2 Å². The number of hydrogen-bond acceptors (Lipinski definition) is 4. The van der Waals surface area contributed by atoms with Crippen LogP contribution >= 0.6 is 0 Å². The van der Waals surface area contributed by atoms with Gasteiger partial charge in [-0.25, -0.2) is 0 Å². The van der Waals surface area contributed by atoms with Crippen molar-refractivity contribution >= 4 is 5.91 Å². The zero-order valence-corrected chi connectivity index (χ0v) is 15.1. The molecule has 1 heterocycles. The smallest absolute Gasteiger partial charge is 0.246 e. The first-order chi connectivity index (χ1) is 11.6. The van der Waals surface area contributed by atoms with Crippen molar-refractivity contribution < 1.29 is 14.3 Å². The number of hydrogen-bond donors (Lipinski definition) is 1. The van der Waals surface area contributed by atoms with Crippen LogP contribution < -0.4 is 10.1 Å². The summed E-state index contributed by atoms with van der Waals surface area (Å²) >= 11 is 0. The Bertz CT molecular complexity index is 521. The van der Waals surface area contributed by atoms with Gasteiger partial charge in [0.05, 0.1) is 13.7 Å². The maximum atomic E-state index is 11.9. The summed E-state index contributed by atoms with van der Waals surface area (Å²) in [6.45, 7) is 6.74. The lowest BCUT2D eigenvalue weighted by Crippen LogP contribution is -2.48. The summed E-state index contributed by atoms with van der Waals surface area (Å²) in [7, 11) is 1.64. The summed E-state index contributed by atoms with van der Waals surface area (Å²) in [5, 5.41) is 2.98. The Morgan fingerprint density at radius 3 is 3.00 bits per heavy atom. The monoisotopic (exact) mass is 334 g/mol. The van der Waals surface area contributed by atoms with Crippen LogP contribution in [0.4, 0.5) is 0 Å². The van der Waals surface area contributed by atoms with Crippen molar-refractivity contribution in [3.05, 3.63) is 29.8 Å². The standard InChI is InChI=1S/C19H30N2O3/c1-15-7-4-5-10-21(15)16(2)12-20-19(22)14-24-13-17-8-6-9-18(11-17)23-3/h6,8-9,11,15-16H,4-5,7,10,12-14H2,1-3H3,(H,20,22). The molecule has 1 aromatic carbocycles. The molecule has 24 heavy (non-hydrogen) atoms. The first kappa shape index (κ1) is 18.7. The van der Waals surface area contributed by atoms with Gasteiger partial charge in [-0.1, -0.05) is 18.6 Å². The third kappa shape index (κ3) is 5.80. The molecule has 0 bridgehead atoms. The van der Waals surface area contributed by atoms with E-state index in [2.05, 4.69) is 24.1 Å². The molecule has 5 nitrogen and oxygen atoms in total. The van der Waals surface area contributed by atoms with E-state index in [1.54, 1.807) is 7.11 Å². The van der Waals surface area contributed by atoms with Crippen LogP contribution in [0.15, 0.2) is 24.3 Å². The van der Waals surface area contributed by atoms with Crippen LogP contribution in [0.2, 0.25) is 0 Å². The highest BCUT2D eigenvalue weighted by atomic mass is 16.5. The fraction of sp³-hybridized carbons (Fsp3) is 0.632. The van der Waals surface area contributed by atoms with Gasteiger partial charge in [0.2, 0.25) is 5.91 Å². The lowest BCUT2D eigenvalue weighted by Gasteiger charge is -2.38. The summed E-state index contributed by atoms with van der Waals surface area (Å²) in [6, 6.07) is 8.65. The number of carbonyl (C=O) groups excluding carboxylic acids is 1. The minimum atomic E-state index is -0.0607. The minimum Gasteiger partial charge on any atom is -0.497 e. The van der Waals surface area contributed by atoms with Gasteiger partial charge in [-0.3, -0.25) is 9.69 Å². The van der Waals surface area contributed by atoms with Gasteiger partial charge in [-0.15, -0.1) is 0 Å². The molecule has 2 unspecified atom stereocenters. The average Bonchev–Trinajstić information content (AvgIpc) is 2.60. The van der Waals surface area contributed by atoms with Crippen molar-refractivity contribution in [2.45, 2.75) is 51.8 Å². The largest absolute Gasteiger partial charge is 0.497 e. The second-order valence-electron chi connectivity index (χ2n) is 6.58. The molecule has 0 saturated carbocycles. The summed E-state index contributed by atoms with van der Waals surface area (Å²) in [4.78, 5) is 14.4. The Hall–Kier alpha value is -1.59. The predicted molar refractivity (Wildman–Crippen MR) is 95.1 cm³/mol. The zero-order chi connectivity index (χ0) is 17.4. The number of amides is 1. The van der Waals surface area contributed by atoms with Crippen molar-refractivity contribution in [3.63, 3.8) is 0 Å². The van der Waals surface area contributed by atoms with E-state index < -0.39 is 0 Å². The van der Waals surface area contributed by atoms with Crippen LogP contribution in [0.25, 0.3) is 0 Å². The highest BCUT2D eigenvalue weighted by Crippen LogP contribution is 2.18. The molecule has 1 saturated heterocycles. The lowest BCUT2D eigenvalue weighted by atomic mass is 10.0. The Labute approximate surface area is 145 Å². The van der Waals surface area contributed by atoms with Gasteiger partial charge in [-0.05, 0) is 50.9 Å². The number of likely N-dealkylation sites (tertiary alicyclic amines) is 1. The Balaban J connectivity index is 1.65. The van der Waals surface area contributed by atoms with Crippen LogP contribution in [-0.4, -0.2) is 49.7 Å². The number of nitrogens with one attached hydrogen (secondary N) is 1. The summed E-state index contributed by atoms with van der Waals surface area (Å²) in [5.41, 5.74) is 0.998. The Morgan fingerprint density at radius 2 is 2.25 bits per heavy atom. The number of carbonyl (C=O) groups is 1. The van der Waals surface area contributed by atoms with E-state index in [-0.39, 0.29) is 12.5 Å². The maximum absolute atomic E-state index is 11.9. The second kappa shape index (κ2) is 9.64. The Morgan fingerprint density at radius 1 is 1.42 bits per heavy atom. The van der Waals surface area contributed by atoms with E-state index in [4.69, 9.17) is 9.47 Å². The molecule has 134 valence electrons. The highest BCUT2D eigenvalue weighted by Gasteiger charge is 2.23. The molecule has 0 aromatic heterocycles. The van der Waals surface area contributed by atoms with Crippen molar-refractivity contribution in [3.8, 4) is 5.75 Å². The highest BCUT2D eigenvalue weighted by molar-refractivity contribution is 5.77. The molecule has 2 rings (SSSR count). The van der Waals surface area contributed by atoms with Gasteiger partial charge < -0.3 is 14.8 Å². The molecule has 1 N–H and O–H groups in total. The van der Waals surface area contributed by atoms with Gasteiger partial charge in [-0.2, -0.15) is 0 Å². The lowest BCUT2D eigenvalue weighted by molar-refractivity contribution is -0.126. The number of rotatable bonds is 8. The summed E-state index contributed by atoms with van der Waals surface area (Å²) in [6.07, 6.45) is 3.82. The second-order valence-corrected chi connectivity index (χ2v) is 6.58. The van der Waals surface area contributed by atoms with Crippen molar-refractivity contribution in [2.24, 2.45) is 0 Å². The molecular weight excluding hydrogens is 304 g/mol. The Kier molecular flexibility index (Phi) is 7.53. The molecule has 1 aromatic rings. The van der Waals surface area contributed by atoms with Crippen LogP contribution in [0.5, 0.6) is 5.75 Å². The van der Waals surface area contributed by atoms with Gasteiger partial charge in [0.25, 0.3) is 0 Å². The number of benzene rings is 1. The zero-order valence-electron chi connectivity index (χ0n) is 15.1. The molecule has 2 atom stereocenters. The van der Waals surface area contributed by atoms with Crippen LogP contribution in [0.1, 0.15) is 38.7 Å². The quantitative estimate of drug-likeness (QED) is 0.794. The normalized spacial score (nSPS) is 19.7. The van der Waals surface area contributed by atoms with Crippen LogP contribution in [0.3, 0.4) is 0 Å². The average molecular weight is 334 g/mol. The molecule has 0 radical (unpaired) electrons. The third-order valence-electron chi connectivity index (χ3n) is 4.65. The predicted octanol–water partition coefficient (Wildman–Crippen LogP) is 2.59. The van der Waals surface area contributed by atoms with Gasteiger partial charge in [0.15, 0.2) is 0 Å². The molecule has 1 amide bonds. The third-order valence-corrected chi connectivity index (χ3v) is 4.65. The topological polar surface area (TPSA) is 50.8 Å². The number of nitrogens with zero attached hydrogens (tertiary/aromatic N) is 1. The summed E-state index contributed by atoms with van der Waals surface area (Å²) in [5.74, 6) is 0.736. The number of ether oxygens (including phenoxy) is 2. The summed E-state index contributed by atoms with van der Waals surface area (Å²) < 4.78 is 10.7. The van der Waals surface area contributed by atoms with E-state index >= 15 is 0 Å². The SMILES string of the molecule is COc1cccc(COCC(=O)NCC(C)N2CCCCC2C)c1. The maximum Gasteiger partial charge on any atom is 0.246 e. The number of methoxy groups -OCH3 is 1. The molecule has 0 spiro atoms. The molecule has 1 fully saturated rings.